The summed E-state index contributed by atoms with van der Waals surface area (Å²) in [5, 5.41) is 9.19. The number of halogens is 8. The zero-order valence-corrected chi connectivity index (χ0v) is 15.2. The van der Waals surface area contributed by atoms with Crippen molar-refractivity contribution in [1.29, 1.82) is 0 Å². The van der Waals surface area contributed by atoms with Crippen molar-refractivity contribution < 1.29 is 38.8 Å². The zero-order valence-electron chi connectivity index (χ0n) is 12.1. The highest BCUT2D eigenvalue weighted by Gasteiger charge is 2.67. The summed E-state index contributed by atoms with van der Waals surface area (Å²) in [5.74, 6) is -0.897. The van der Waals surface area contributed by atoms with Crippen molar-refractivity contribution in [2.24, 2.45) is 5.73 Å². The summed E-state index contributed by atoms with van der Waals surface area (Å²) >= 11 is 16.8. The number of hydrogen-bond donors (Lipinski definition) is 2. The number of aliphatic hydroxyl groups excluding tert-OH is 1. The first kappa shape index (κ1) is 22.2. The van der Waals surface area contributed by atoms with Gasteiger partial charge in [0.2, 0.25) is 3.79 Å². The predicted octanol–water partition coefficient (Wildman–Crippen LogP) is 5.35. The largest absolute Gasteiger partial charge is 0.496 e. The van der Waals surface area contributed by atoms with Crippen LogP contribution in [-0.4, -0.2) is 22.1 Å². The molecule has 1 unspecified atom stereocenters. The van der Waals surface area contributed by atoms with E-state index in [-0.39, 0.29) is 6.07 Å². The molecule has 25 heavy (non-hydrogen) atoms. The van der Waals surface area contributed by atoms with Crippen LogP contribution in [-0.2, 0) is 11.3 Å². The van der Waals surface area contributed by atoms with Crippen molar-refractivity contribution in [1.82, 2.24) is 0 Å². The number of benzene rings is 1. The Morgan fingerprint density at radius 1 is 1.28 bits per heavy atom. The molecule has 0 bridgehead atoms. The number of methoxy groups -OCH3 is 1. The maximum Gasteiger partial charge on any atom is 0.405 e. The van der Waals surface area contributed by atoms with Gasteiger partial charge in [-0.05, 0) is 12.1 Å². The third-order valence-electron chi connectivity index (χ3n) is 2.84. The van der Waals surface area contributed by atoms with E-state index in [0.29, 0.717) is 6.07 Å². The molecule has 1 aromatic carbocycles. The van der Waals surface area contributed by atoms with Crippen LogP contribution in [0.15, 0.2) is 17.0 Å². The minimum atomic E-state index is -10.2. The summed E-state index contributed by atoms with van der Waals surface area (Å²) in [6.07, 6.45) is -3.36. The molecular formula is C11H11Cl3F5NO4S. The molecule has 0 radical (unpaired) electrons. The van der Waals surface area contributed by atoms with Crippen LogP contribution in [0.1, 0.15) is 17.2 Å². The Morgan fingerprint density at radius 3 is 2.12 bits per heavy atom. The van der Waals surface area contributed by atoms with E-state index in [4.69, 9.17) is 40.5 Å². The number of amides is 1. The molecule has 1 aromatic rings. The van der Waals surface area contributed by atoms with Gasteiger partial charge in [0.25, 0.3) is 0 Å². The minimum absolute atomic E-state index is 0.0290. The van der Waals surface area contributed by atoms with Crippen LogP contribution in [0.3, 0.4) is 0 Å². The third kappa shape index (κ3) is 5.30. The van der Waals surface area contributed by atoms with Crippen LogP contribution >= 0.6 is 45.0 Å². The number of primary amides is 1. The lowest BCUT2D eigenvalue weighted by Gasteiger charge is -2.42. The first-order chi connectivity index (χ1) is 10.9. The molecule has 1 rings (SSSR count). The average molecular weight is 455 g/mol. The SMILES string of the molecule is COc1c(C(OC(N)=O)C(Cl)(Cl)Cl)ccc(S(F)(F)(F)(F)F)c1CO. The van der Waals surface area contributed by atoms with Gasteiger partial charge in [0.1, 0.15) is 10.6 Å². The Kier molecular flexibility index (Phi) is 5.39. The summed E-state index contributed by atoms with van der Waals surface area (Å²) < 4.78 is 72.5. The monoisotopic (exact) mass is 453 g/mol. The van der Waals surface area contributed by atoms with Crippen molar-refractivity contribution in [3.05, 3.63) is 23.3 Å². The number of hydrogen-bond acceptors (Lipinski definition) is 4. The van der Waals surface area contributed by atoms with Gasteiger partial charge in [-0.2, -0.15) is 0 Å². The summed E-state index contributed by atoms with van der Waals surface area (Å²) in [6, 6.07) is 0.444. The van der Waals surface area contributed by atoms with E-state index < -0.39 is 54.6 Å². The van der Waals surface area contributed by atoms with E-state index in [2.05, 4.69) is 9.47 Å². The molecule has 146 valence electrons. The minimum Gasteiger partial charge on any atom is -0.496 e. The molecular weight excluding hydrogens is 444 g/mol. The normalized spacial score (nSPS) is 16.6. The van der Waals surface area contributed by atoms with E-state index in [1.54, 1.807) is 0 Å². The molecule has 3 N–H and O–H groups in total. The van der Waals surface area contributed by atoms with Crippen LogP contribution in [0.25, 0.3) is 0 Å². The highest BCUT2D eigenvalue weighted by molar-refractivity contribution is 8.45. The lowest BCUT2D eigenvalue weighted by molar-refractivity contribution is 0.106. The molecule has 5 nitrogen and oxygen atoms in total. The quantitative estimate of drug-likeness (QED) is 0.464. The molecule has 0 aliphatic carbocycles. The summed E-state index contributed by atoms with van der Waals surface area (Å²) in [5.41, 5.74) is 2.98. The molecule has 1 amide bonds. The fraction of sp³-hybridized carbons (Fsp3) is 0.364. The second kappa shape index (κ2) is 6.08. The molecule has 0 fully saturated rings. The molecule has 0 saturated carbocycles. The van der Waals surface area contributed by atoms with Gasteiger partial charge < -0.3 is 20.3 Å². The van der Waals surface area contributed by atoms with Crippen LogP contribution in [0.5, 0.6) is 5.75 Å². The second-order valence-corrected chi connectivity index (χ2v) is 9.40. The summed E-state index contributed by atoms with van der Waals surface area (Å²) in [7, 11) is -9.35. The smallest absolute Gasteiger partial charge is 0.405 e. The predicted molar refractivity (Wildman–Crippen MR) is 84.0 cm³/mol. The molecule has 0 saturated heterocycles. The van der Waals surface area contributed by atoms with Gasteiger partial charge in [-0.3, -0.25) is 0 Å². The van der Waals surface area contributed by atoms with Gasteiger partial charge in [-0.25, -0.2) is 4.79 Å². The van der Waals surface area contributed by atoms with Gasteiger partial charge >= 0.3 is 16.3 Å². The van der Waals surface area contributed by atoms with Crippen molar-refractivity contribution in [2.75, 3.05) is 7.11 Å². The molecule has 14 heteroatoms. The van der Waals surface area contributed by atoms with E-state index in [0.717, 1.165) is 7.11 Å². The molecule has 0 aliphatic rings. The van der Waals surface area contributed by atoms with Crippen molar-refractivity contribution in [2.45, 2.75) is 21.4 Å². The number of nitrogens with two attached hydrogens (primary N) is 1. The van der Waals surface area contributed by atoms with E-state index in [1.165, 1.54) is 0 Å². The maximum absolute atomic E-state index is 13.1. The number of carbonyl (C=O) groups excluding carboxylic acids is 1. The van der Waals surface area contributed by atoms with Crippen molar-refractivity contribution in [3.63, 3.8) is 0 Å². The third-order valence-corrected chi connectivity index (χ3v) is 4.65. The first-order valence-electron chi connectivity index (χ1n) is 6.00. The number of rotatable bonds is 5. The Bertz CT molecular complexity index is 696. The fourth-order valence-corrected chi connectivity index (χ4v) is 3.44. The number of carbonyl (C=O) groups is 1. The number of aliphatic hydroxyl groups is 1. The maximum atomic E-state index is 13.1. The van der Waals surface area contributed by atoms with Crippen LogP contribution < -0.4 is 10.5 Å². The Hall–Kier alpha value is -0.880. The summed E-state index contributed by atoms with van der Waals surface area (Å²) in [6.45, 7) is -1.49. The van der Waals surface area contributed by atoms with E-state index in [1.807, 2.05) is 0 Å². The van der Waals surface area contributed by atoms with Crippen molar-refractivity contribution in [3.8, 4) is 5.75 Å². The Balaban J connectivity index is 3.80. The standard InChI is InChI=1S/C11H11Cl3F5NO4S/c1-23-8-5(9(11(12,13)14)24-10(20)22)2-3-7(6(8)4-21)25(15,16,17,18)19/h2-3,9,21H,4H2,1H3,(H2,20,22). The Morgan fingerprint density at radius 2 is 1.80 bits per heavy atom. The second-order valence-electron chi connectivity index (χ2n) is 4.65. The molecule has 0 heterocycles. The van der Waals surface area contributed by atoms with Crippen molar-refractivity contribution >= 4 is 51.1 Å². The van der Waals surface area contributed by atoms with Gasteiger partial charge in [0.15, 0.2) is 6.10 Å². The topological polar surface area (TPSA) is 81.8 Å². The highest BCUT2D eigenvalue weighted by Crippen LogP contribution is 3.02. The first-order valence-corrected chi connectivity index (χ1v) is 9.08. The van der Waals surface area contributed by atoms with Gasteiger partial charge in [0.05, 0.1) is 13.7 Å². The highest BCUT2D eigenvalue weighted by atomic mass is 35.6. The van der Waals surface area contributed by atoms with E-state index in [9.17, 15) is 29.3 Å². The van der Waals surface area contributed by atoms with Crippen LogP contribution in [0.2, 0.25) is 0 Å². The molecule has 0 spiro atoms. The van der Waals surface area contributed by atoms with E-state index >= 15 is 0 Å². The summed E-state index contributed by atoms with van der Waals surface area (Å²) in [4.78, 5) is 8.57. The molecule has 0 aromatic heterocycles. The molecule has 0 aliphatic heterocycles. The van der Waals surface area contributed by atoms with Gasteiger partial charge in [-0.1, -0.05) is 54.2 Å². The number of ether oxygens (including phenoxy) is 2. The zero-order chi connectivity index (χ0) is 19.9. The fourth-order valence-electron chi connectivity index (χ4n) is 2.01. The van der Waals surface area contributed by atoms with Gasteiger partial charge in [-0.15, -0.1) is 0 Å². The van der Waals surface area contributed by atoms with Crippen LogP contribution in [0, 0.1) is 0 Å². The average Bonchev–Trinajstić information content (AvgIpc) is 2.39. The number of alkyl halides is 3. The Labute approximate surface area is 153 Å². The lowest BCUT2D eigenvalue weighted by Crippen LogP contribution is -2.27. The van der Waals surface area contributed by atoms with Gasteiger partial charge in [0, 0.05) is 11.1 Å². The molecule has 1 atom stereocenters. The lowest BCUT2D eigenvalue weighted by atomic mass is 10.0. The van der Waals surface area contributed by atoms with Crippen LogP contribution in [0.4, 0.5) is 24.2 Å².